The van der Waals surface area contributed by atoms with Gasteiger partial charge in [-0.25, -0.2) is 0 Å². The predicted molar refractivity (Wildman–Crippen MR) is 108 cm³/mol. The molecule has 0 amide bonds. The summed E-state index contributed by atoms with van der Waals surface area (Å²) < 4.78 is 5.95. The van der Waals surface area contributed by atoms with Crippen LogP contribution in [-0.4, -0.2) is 34.5 Å². The molecule has 3 aromatic rings. The van der Waals surface area contributed by atoms with Crippen LogP contribution in [0.1, 0.15) is 17.9 Å². The first kappa shape index (κ1) is 19.1. The van der Waals surface area contributed by atoms with Crippen molar-refractivity contribution in [2.24, 2.45) is 0 Å². The first-order chi connectivity index (χ1) is 13.5. The van der Waals surface area contributed by atoms with E-state index in [2.05, 4.69) is 5.32 Å². The molecule has 0 radical (unpaired) electrons. The highest BCUT2D eigenvalue weighted by Gasteiger charge is 2.31. The van der Waals surface area contributed by atoms with E-state index in [9.17, 15) is 20.1 Å². The Morgan fingerprint density at radius 1 is 1.18 bits per heavy atom. The van der Waals surface area contributed by atoms with Crippen LogP contribution in [0, 0.1) is 0 Å². The molecule has 0 spiro atoms. The van der Waals surface area contributed by atoms with Crippen molar-refractivity contribution >= 4 is 34.3 Å². The molecule has 28 heavy (non-hydrogen) atoms. The normalized spacial score (nSPS) is 19.8. The zero-order chi connectivity index (χ0) is 19.8. The fourth-order valence-corrected chi connectivity index (χ4v) is 4.59. The number of piperidine rings is 1. The molecule has 146 valence electrons. The van der Waals surface area contributed by atoms with Crippen LogP contribution in [0.5, 0.6) is 11.5 Å². The highest BCUT2D eigenvalue weighted by molar-refractivity contribution is 7.99. The summed E-state index contributed by atoms with van der Waals surface area (Å²) in [6.07, 6.45) is -0.196. The molecular weight excluding hydrogens is 402 g/mol. The van der Waals surface area contributed by atoms with Gasteiger partial charge in [-0.05, 0) is 25.1 Å². The summed E-state index contributed by atoms with van der Waals surface area (Å²) >= 11 is 7.37. The van der Waals surface area contributed by atoms with Crippen molar-refractivity contribution in [3.05, 3.63) is 57.2 Å². The van der Waals surface area contributed by atoms with E-state index in [-0.39, 0.29) is 27.6 Å². The molecule has 8 heteroatoms. The van der Waals surface area contributed by atoms with Crippen LogP contribution in [0.15, 0.2) is 55.6 Å². The number of fused-ring (bicyclic) bond motifs is 1. The van der Waals surface area contributed by atoms with E-state index in [0.717, 1.165) is 6.07 Å². The number of aliphatic hydroxyl groups is 1. The number of halogens is 1. The summed E-state index contributed by atoms with van der Waals surface area (Å²) in [7, 11) is 0. The van der Waals surface area contributed by atoms with E-state index < -0.39 is 17.5 Å². The number of aliphatic hydroxyl groups excluding tert-OH is 1. The molecule has 2 heterocycles. The van der Waals surface area contributed by atoms with E-state index in [0.29, 0.717) is 35.0 Å². The molecular formula is C20H18ClNO5S. The van der Waals surface area contributed by atoms with E-state index in [1.165, 1.54) is 17.8 Å². The van der Waals surface area contributed by atoms with Gasteiger partial charge in [0.25, 0.3) is 0 Å². The lowest BCUT2D eigenvalue weighted by molar-refractivity contribution is 0.117. The van der Waals surface area contributed by atoms with Gasteiger partial charge in [0.1, 0.15) is 22.5 Å². The van der Waals surface area contributed by atoms with E-state index in [4.69, 9.17) is 16.0 Å². The fourth-order valence-electron chi connectivity index (χ4n) is 3.52. The summed E-state index contributed by atoms with van der Waals surface area (Å²) in [4.78, 5) is 13.4. The van der Waals surface area contributed by atoms with Gasteiger partial charge in [0.2, 0.25) is 0 Å². The smallest absolute Gasteiger partial charge is 0.197 e. The van der Waals surface area contributed by atoms with Crippen molar-refractivity contribution in [2.75, 3.05) is 13.1 Å². The second-order valence-corrected chi connectivity index (χ2v) is 8.11. The summed E-state index contributed by atoms with van der Waals surface area (Å²) in [6.45, 7) is 1.02. The van der Waals surface area contributed by atoms with E-state index >= 15 is 0 Å². The number of phenols is 2. The van der Waals surface area contributed by atoms with Crippen LogP contribution in [0.3, 0.4) is 0 Å². The Morgan fingerprint density at radius 3 is 2.71 bits per heavy atom. The number of benzene rings is 2. The molecule has 4 rings (SSSR count). The first-order valence-corrected chi connectivity index (χ1v) is 9.99. The number of β-amino-alcohol motifs (C(OH)–C–C–N with tert-alkyl or cyclic N) is 1. The minimum atomic E-state index is -0.752. The molecule has 1 aliphatic rings. The molecule has 1 aromatic heterocycles. The van der Waals surface area contributed by atoms with Gasteiger partial charge in [0, 0.05) is 35.1 Å². The number of phenolic OH excluding ortho intramolecular Hbond substituents is 2. The van der Waals surface area contributed by atoms with Crippen LogP contribution >= 0.6 is 23.4 Å². The van der Waals surface area contributed by atoms with Crippen molar-refractivity contribution in [3.63, 3.8) is 0 Å². The lowest BCUT2D eigenvalue weighted by atomic mass is 9.86. The maximum atomic E-state index is 12.7. The van der Waals surface area contributed by atoms with Crippen molar-refractivity contribution < 1.29 is 19.7 Å². The molecule has 0 aliphatic carbocycles. The summed E-state index contributed by atoms with van der Waals surface area (Å²) in [6, 6.07) is 9.57. The van der Waals surface area contributed by atoms with Crippen LogP contribution in [0.4, 0.5) is 0 Å². The zero-order valence-corrected chi connectivity index (χ0v) is 16.3. The molecule has 1 aliphatic heterocycles. The third-order valence-corrected chi connectivity index (χ3v) is 6.26. The molecule has 2 unspecified atom stereocenters. The van der Waals surface area contributed by atoms with Gasteiger partial charge < -0.3 is 25.1 Å². The van der Waals surface area contributed by atoms with Crippen LogP contribution in [0.2, 0.25) is 5.02 Å². The number of aromatic hydroxyl groups is 2. The van der Waals surface area contributed by atoms with Gasteiger partial charge in [-0.1, -0.05) is 35.5 Å². The Labute approximate surface area is 169 Å². The topological polar surface area (TPSA) is 103 Å². The Bertz CT molecular complexity index is 1100. The second-order valence-electron chi connectivity index (χ2n) is 6.66. The zero-order valence-electron chi connectivity index (χ0n) is 14.7. The van der Waals surface area contributed by atoms with Crippen molar-refractivity contribution in [2.45, 2.75) is 28.4 Å². The summed E-state index contributed by atoms with van der Waals surface area (Å²) in [5.74, 6) is -0.991. The van der Waals surface area contributed by atoms with Gasteiger partial charge in [0.05, 0.1) is 11.1 Å². The van der Waals surface area contributed by atoms with Gasteiger partial charge in [-0.3, -0.25) is 4.79 Å². The van der Waals surface area contributed by atoms with Gasteiger partial charge >= 0.3 is 0 Å². The average molecular weight is 420 g/mol. The summed E-state index contributed by atoms with van der Waals surface area (Å²) in [5.41, 5.74) is -0.0102. The predicted octanol–water partition coefficient (Wildman–Crippen LogP) is 3.45. The monoisotopic (exact) mass is 419 g/mol. The first-order valence-electron chi connectivity index (χ1n) is 8.79. The second kappa shape index (κ2) is 7.67. The van der Waals surface area contributed by atoms with Crippen molar-refractivity contribution in [1.29, 1.82) is 0 Å². The SMILES string of the molecule is O=c1cc(Sc2ccccc2Cl)oc2c(C3CCNCC3O)c(O)cc(O)c12. The van der Waals surface area contributed by atoms with E-state index in [1.54, 1.807) is 18.2 Å². The van der Waals surface area contributed by atoms with Crippen molar-refractivity contribution in [1.82, 2.24) is 5.32 Å². The molecule has 1 fully saturated rings. The third kappa shape index (κ3) is 3.46. The van der Waals surface area contributed by atoms with Crippen LogP contribution < -0.4 is 10.7 Å². The number of nitrogens with one attached hydrogen (secondary N) is 1. The Balaban J connectivity index is 1.90. The number of hydrogen-bond donors (Lipinski definition) is 4. The van der Waals surface area contributed by atoms with Crippen molar-refractivity contribution in [3.8, 4) is 11.5 Å². The van der Waals surface area contributed by atoms with Gasteiger partial charge in [-0.15, -0.1) is 0 Å². The lowest BCUT2D eigenvalue weighted by Crippen LogP contribution is -2.39. The quantitative estimate of drug-likeness (QED) is 0.515. The molecule has 1 saturated heterocycles. The Kier molecular flexibility index (Phi) is 5.25. The maximum Gasteiger partial charge on any atom is 0.197 e. The largest absolute Gasteiger partial charge is 0.507 e. The van der Waals surface area contributed by atoms with Gasteiger partial charge in [-0.2, -0.15) is 0 Å². The molecule has 6 nitrogen and oxygen atoms in total. The molecule has 2 atom stereocenters. The van der Waals surface area contributed by atoms with Crippen LogP contribution in [0.25, 0.3) is 11.0 Å². The highest BCUT2D eigenvalue weighted by Crippen LogP contribution is 2.42. The highest BCUT2D eigenvalue weighted by atomic mass is 35.5. The standard InChI is InChI=1S/C20H18ClNO5S/c21-11-3-1-2-4-16(11)28-17-8-14(25)19-13(24)7-12(23)18(20(19)27-17)10-5-6-22-9-15(10)26/h1-4,7-8,10,15,22-24,26H,5-6,9H2. The Morgan fingerprint density at radius 2 is 1.96 bits per heavy atom. The molecule has 0 saturated carbocycles. The third-order valence-electron chi connectivity index (χ3n) is 4.84. The minimum absolute atomic E-state index is 0.0120. The molecule has 4 N–H and O–H groups in total. The number of rotatable bonds is 3. The lowest BCUT2D eigenvalue weighted by Gasteiger charge is -2.29. The van der Waals surface area contributed by atoms with E-state index in [1.807, 2.05) is 6.07 Å². The molecule has 2 aromatic carbocycles. The Hall–Kier alpha value is -2.19. The van der Waals surface area contributed by atoms with Gasteiger partial charge in [0.15, 0.2) is 10.5 Å². The number of hydrogen-bond acceptors (Lipinski definition) is 7. The average Bonchev–Trinajstić information content (AvgIpc) is 2.64. The fraction of sp³-hybridized carbons (Fsp3) is 0.250. The minimum Gasteiger partial charge on any atom is -0.507 e. The van der Waals surface area contributed by atoms with Crippen LogP contribution in [-0.2, 0) is 0 Å². The summed E-state index contributed by atoms with van der Waals surface area (Å²) in [5, 5.41) is 35.0. The molecule has 0 bridgehead atoms. The maximum absolute atomic E-state index is 12.7.